The fourth-order valence-electron chi connectivity index (χ4n) is 3.17. The third-order valence-corrected chi connectivity index (χ3v) is 4.56. The van der Waals surface area contributed by atoms with Gasteiger partial charge in [-0.2, -0.15) is 5.26 Å². The minimum atomic E-state index is -0.864. The maximum absolute atomic E-state index is 14.4. The maximum Gasteiger partial charge on any atom is 0.258 e. The van der Waals surface area contributed by atoms with E-state index in [1.165, 1.54) is 13.3 Å². The Labute approximate surface area is 164 Å². The van der Waals surface area contributed by atoms with E-state index in [0.717, 1.165) is 12.1 Å². The molecule has 0 aliphatic heterocycles. The predicted molar refractivity (Wildman–Crippen MR) is 101 cm³/mol. The van der Waals surface area contributed by atoms with Crippen LogP contribution in [0, 0.1) is 23.0 Å². The molecule has 0 aliphatic carbocycles. The lowest BCUT2D eigenvalue weighted by atomic mass is 10.0. The number of nitrogens with zero attached hydrogens (tertiary/aromatic N) is 4. The molecule has 0 spiro atoms. The van der Waals surface area contributed by atoms with E-state index >= 15 is 0 Å². The molecule has 0 fully saturated rings. The quantitative estimate of drug-likeness (QED) is 0.572. The summed E-state index contributed by atoms with van der Waals surface area (Å²) in [5.41, 5.74) is 2.08. The van der Waals surface area contributed by atoms with Gasteiger partial charge < -0.3 is 9.84 Å². The lowest BCUT2D eigenvalue weighted by molar-refractivity contribution is 0.269. The molecule has 29 heavy (non-hydrogen) atoms. The van der Waals surface area contributed by atoms with Crippen LogP contribution in [0.2, 0.25) is 0 Å². The molecule has 6 nitrogen and oxygen atoms in total. The summed E-state index contributed by atoms with van der Waals surface area (Å²) in [6.45, 7) is -0.748. The molecule has 0 bridgehead atoms. The fraction of sp³-hybridized carbons (Fsp3) is 0.0952. The minimum Gasteiger partial charge on any atom is -0.478 e. The zero-order valence-electron chi connectivity index (χ0n) is 15.2. The molecular weight excluding hydrogens is 378 g/mol. The molecule has 2 aromatic carbocycles. The zero-order valence-corrected chi connectivity index (χ0v) is 15.2. The Bertz CT molecular complexity index is 1240. The zero-order chi connectivity index (χ0) is 20.5. The van der Waals surface area contributed by atoms with Crippen molar-refractivity contribution in [1.29, 1.82) is 5.26 Å². The summed E-state index contributed by atoms with van der Waals surface area (Å²) in [6, 6.07) is 11.0. The van der Waals surface area contributed by atoms with E-state index in [-0.39, 0.29) is 11.4 Å². The summed E-state index contributed by atoms with van der Waals surface area (Å²) >= 11 is 0. The summed E-state index contributed by atoms with van der Waals surface area (Å²) in [7, 11) is 1.45. The number of methoxy groups -OCH3 is 1. The van der Waals surface area contributed by atoms with E-state index in [0.29, 0.717) is 28.2 Å². The number of aliphatic hydroxyl groups excluding tert-OH is 1. The normalized spacial score (nSPS) is 10.9. The molecule has 0 aliphatic rings. The van der Waals surface area contributed by atoms with Crippen molar-refractivity contribution in [3.63, 3.8) is 0 Å². The number of aromatic nitrogens is 3. The molecule has 2 aromatic heterocycles. The van der Waals surface area contributed by atoms with E-state index < -0.39 is 23.8 Å². The van der Waals surface area contributed by atoms with Gasteiger partial charge in [0.2, 0.25) is 5.65 Å². The monoisotopic (exact) mass is 392 g/mol. The molecule has 0 unspecified atom stereocenters. The Balaban J connectivity index is 2.06. The molecule has 0 atom stereocenters. The van der Waals surface area contributed by atoms with Crippen LogP contribution < -0.4 is 4.74 Å². The summed E-state index contributed by atoms with van der Waals surface area (Å²) in [4.78, 5) is 8.73. The summed E-state index contributed by atoms with van der Waals surface area (Å²) < 4.78 is 35.8. The molecule has 0 saturated carbocycles. The van der Waals surface area contributed by atoms with Crippen molar-refractivity contribution in [2.24, 2.45) is 0 Å². The van der Waals surface area contributed by atoms with Gasteiger partial charge in [0.1, 0.15) is 11.6 Å². The number of fused-ring (bicyclic) bond motifs is 1. The highest BCUT2D eigenvalue weighted by molar-refractivity contribution is 5.81. The van der Waals surface area contributed by atoms with E-state index in [2.05, 4.69) is 9.97 Å². The first-order valence-electron chi connectivity index (χ1n) is 8.58. The topological polar surface area (TPSA) is 83.4 Å². The first-order valence-corrected chi connectivity index (χ1v) is 8.58. The van der Waals surface area contributed by atoms with Gasteiger partial charge in [-0.3, -0.25) is 4.40 Å². The van der Waals surface area contributed by atoms with Gasteiger partial charge in [0, 0.05) is 29.1 Å². The van der Waals surface area contributed by atoms with Crippen LogP contribution in [-0.2, 0) is 6.61 Å². The number of benzene rings is 2. The van der Waals surface area contributed by atoms with Gasteiger partial charge >= 0.3 is 0 Å². The number of hydrogen-bond acceptors (Lipinski definition) is 5. The van der Waals surface area contributed by atoms with Gasteiger partial charge in [0.25, 0.3) is 5.88 Å². The molecule has 0 saturated heterocycles. The predicted octanol–water partition coefficient (Wildman–Crippen LogP) is 3.71. The highest BCUT2D eigenvalue weighted by atomic mass is 19.1. The van der Waals surface area contributed by atoms with Gasteiger partial charge in [-0.05, 0) is 24.3 Å². The number of aliphatic hydroxyl groups is 1. The van der Waals surface area contributed by atoms with Gasteiger partial charge in [0.05, 0.1) is 36.7 Å². The average molecular weight is 392 g/mol. The third-order valence-electron chi connectivity index (χ3n) is 4.56. The second-order valence-electron chi connectivity index (χ2n) is 6.20. The Morgan fingerprint density at radius 3 is 2.41 bits per heavy atom. The third kappa shape index (κ3) is 3.07. The molecule has 4 aromatic rings. The van der Waals surface area contributed by atoms with Crippen LogP contribution in [0.3, 0.4) is 0 Å². The smallest absolute Gasteiger partial charge is 0.258 e. The molecule has 0 amide bonds. The van der Waals surface area contributed by atoms with Crippen LogP contribution in [0.15, 0.2) is 48.8 Å². The Hall–Kier alpha value is -3.83. The van der Waals surface area contributed by atoms with Crippen LogP contribution >= 0.6 is 0 Å². The number of nitriles is 1. The van der Waals surface area contributed by atoms with Crippen LogP contribution in [0.5, 0.6) is 5.88 Å². The highest BCUT2D eigenvalue weighted by Crippen LogP contribution is 2.35. The second-order valence-corrected chi connectivity index (χ2v) is 6.20. The van der Waals surface area contributed by atoms with Crippen LogP contribution in [0.1, 0.15) is 11.1 Å². The molecule has 8 heteroatoms. The fourth-order valence-corrected chi connectivity index (χ4v) is 3.17. The van der Waals surface area contributed by atoms with Crippen molar-refractivity contribution >= 4 is 5.65 Å². The molecular formula is C21H14F2N4O2. The van der Waals surface area contributed by atoms with Crippen molar-refractivity contribution < 1.29 is 18.6 Å². The number of hydrogen-bond donors (Lipinski definition) is 1. The number of rotatable bonds is 4. The lowest BCUT2D eigenvalue weighted by Crippen LogP contribution is -2.04. The van der Waals surface area contributed by atoms with Gasteiger partial charge in [-0.25, -0.2) is 18.7 Å². The summed E-state index contributed by atoms with van der Waals surface area (Å²) in [6.07, 6.45) is 3.16. The SMILES string of the molecule is COc1nc(-c2ccc(C#N)cc2)c(-c2cc(F)c(CO)c(F)c2)n2ccnc12. The van der Waals surface area contributed by atoms with Gasteiger partial charge in [-0.1, -0.05) is 12.1 Å². The van der Waals surface area contributed by atoms with Crippen LogP contribution in [0.25, 0.3) is 28.2 Å². The first-order chi connectivity index (χ1) is 14.1. The minimum absolute atomic E-state index is 0.217. The second kappa shape index (κ2) is 7.30. The number of ether oxygens (including phenoxy) is 1. The Morgan fingerprint density at radius 2 is 1.83 bits per heavy atom. The van der Waals surface area contributed by atoms with Crippen LogP contribution in [0.4, 0.5) is 8.78 Å². The maximum atomic E-state index is 14.4. The van der Waals surface area contributed by atoms with Crippen molar-refractivity contribution in [3.8, 4) is 34.5 Å². The summed E-state index contributed by atoms with van der Waals surface area (Å²) in [5, 5.41) is 18.2. The first kappa shape index (κ1) is 18.5. The van der Waals surface area contributed by atoms with Crippen molar-refractivity contribution in [2.75, 3.05) is 7.11 Å². The molecule has 2 heterocycles. The standard InChI is InChI=1S/C21H14F2N4O2/c1-29-21-20-25-6-7-27(20)19(14-8-16(22)15(11-28)17(23)9-14)18(26-21)13-4-2-12(10-24)3-5-13/h2-9,28H,11H2,1H3. The number of halogens is 2. The van der Waals surface area contributed by atoms with E-state index in [1.54, 1.807) is 34.9 Å². The van der Waals surface area contributed by atoms with E-state index in [9.17, 15) is 13.9 Å². The summed E-state index contributed by atoms with van der Waals surface area (Å²) in [5.74, 6) is -1.49. The molecule has 4 rings (SSSR count). The Morgan fingerprint density at radius 1 is 1.14 bits per heavy atom. The molecule has 144 valence electrons. The number of imidazole rings is 1. The average Bonchev–Trinajstić information content (AvgIpc) is 3.22. The van der Waals surface area contributed by atoms with Crippen molar-refractivity contribution in [1.82, 2.24) is 14.4 Å². The lowest BCUT2D eigenvalue weighted by Gasteiger charge is -2.15. The molecule has 1 N–H and O–H groups in total. The van der Waals surface area contributed by atoms with E-state index in [1.807, 2.05) is 6.07 Å². The van der Waals surface area contributed by atoms with Gasteiger partial charge in [0.15, 0.2) is 0 Å². The van der Waals surface area contributed by atoms with Crippen molar-refractivity contribution in [2.45, 2.75) is 6.61 Å². The Kier molecular flexibility index (Phi) is 4.66. The molecule has 0 radical (unpaired) electrons. The highest BCUT2D eigenvalue weighted by Gasteiger charge is 2.21. The van der Waals surface area contributed by atoms with E-state index in [4.69, 9.17) is 10.00 Å². The van der Waals surface area contributed by atoms with Gasteiger partial charge in [-0.15, -0.1) is 0 Å². The van der Waals surface area contributed by atoms with Crippen molar-refractivity contribution in [3.05, 3.63) is 71.6 Å². The van der Waals surface area contributed by atoms with Crippen LogP contribution in [-0.4, -0.2) is 26.6 Å². The largest absolute Gasteiger partial charge is 0.478 e.